The second kappa shape index (κ2) is 5.69. The van der Waals surface area contributed by atoms with Gasteiger partial charge in [-0.3, -0.25) is 0 Å². The summed E-state index contributed by atoms with van der Waals surface area (Å²) in [4.78, 5) is 10.6. The van der Waals surface area contributed by atoms with Crippen molar-refractivity contribution in [2.45, 2.75) is 32.4 Å². The summed E-state index contributed by atoms with van der Waals surface area (Å²) in [6, 6.07) is 5.85. The van der Waals surface area contributed by atoms with Crippen LogP contribution in [0.2, 0.25) is 0 Å². The van der Waals surface area contributed by atoms with E-state index < -0.39 is 5.97 Å². The molecule has 1 unspecified atom stereocenters. The molecule has 1 fully saturated rings. The first-order valence-electron chi connectivity index (χ1n) is 7.16. The smallest absolute Gasteiger partial charge is 0.328 e. The summed E-state index contributed by atoms with van der Waals surface area (Å²) in [5.41, 5.74) is 2.81. The minimum absolute atomic E-state index is 0.0198. The molecule has 1 N–H and O–H groups in total. The van der Waals surface area contributed by atoms with Crippen LogP contribution < -0.4 is 0 Å². The van der Waals surface area contributed by atoms with Gasteiger partial charge in [-0.05, 0) is 43.9 Å². The second-order valence-electron chi connectivity index (χ2n) is 5.30. The topological polar surface area (TPSA) is 64.4 Å². The van der Waals surface area contributed by atoms with Gasteiger partial charge in [0.25, 0.3) is 0 Å². The van der Waals surface area contributed by atoms with Crippen LogP contribution in [0, 0.1) is 6.92 Å². The Morgan fingerprint density at radius 2 is 2.33 bits per heavy atom. The molecule has 5 nitrogen and oxygen atoms in total. The summed E-state index contributed by atoms with van der Waals surface area (Å²) in [7, 11) is 0. The zero-order chi connectivity index (χ0) is 14.8. The van der Waals surface area contributed by atoms with Crippen molar-refractivity contribution in [3.05, 3.63) is 35.5 Å². The van der Waals surface area contributed by atoms with E-state index in [0.717, 1.165) is 54.1 Å². The Bertz CT molecular complexity index is 697. The fourth-order valence-corrected chi connectivity index (χ4v) is 2.72. The summed E-state index contributed by atoms with van der Waals surface area (Å²) in [5, 5.41) is 14.4. The van der Waals surface area contributed by atoms with Gasteiger partial charge in [-0.2, -0.15) is 5.10 Å². The van der Waals surface area contributed by atoms with Crippen molar-refractivity contribution in [3.8, 4) is 0 Å². The Morgan fingerprint density at radius 1 is 1.48 bits per heavy atom. The number of aromatic nitrogens is 2. The van der Waals surface area contributed by atoms with E-state index in [1.54, 1.807) is 6.08 Å². The van der Waals surface area contributed by atoms with Gasteiger partial charge in [0, 0.05) is 18.1 Å². The summed E-state index contributed by atoms with van der Waals surface area (Å²) >= 11 is 0. The molecule has 1 aromatic heterocycles. The fraction of sp³-hybridized carbons (Fsp3) is 0.375. The predicted octanol–water partition coefficient (Wildman–Crippen LogP) is 3.14. The van der Waals surface area contributed by atoms with Crippen LogP contribution >= 0.6 is 0 Å². The largest absolute Gasteiger partial charge is 0.478 e. The minimum atomic E-state index is -0.949. The third-order valence-corrected chi connectivity index (χ3v) is 3.76. The number of nitrogens with zero attached hydrogens (tertiary/aromatic N) is 2. The van der Waals surface area contributed by atoms with Crippen LogP contribution in [0.4, 0.5) is 0 Å². The van der Waals surface area contributed by atoms with Crippen LogP contribution in [-0.2, 0) is 9.53 Å². The zero-order valence-electron chi connectivity index (χ0n) is 12.0. The number of ether oxygens (including phenoxy) is 1. The number of fused-ring (bicyclic) bond motifs is 1. The van der Waals surface area contributed by atoms with Gasteiger partial charge >= 0.3 is 5.97 Å². The summed E-state index contributed by atoms with van der Waals surface area (Å²) in [5.74, 6) is -0.949. The van der Waals surface area contributed by atoms with Crippen molar-refractivity contribution in [3.63, 3.8) is 0 Å². The number of carboxylic acids is 1. The Labute approximate surface area is 122 Å². The normalized spacial score (nSPS) is 19.4. The Kier molecular flexibility index (Phi) is 3.75. The van der Waals surface area contributed by atoms with E-state index in [0.29, 0.717) is 0 Å². The lowest BCUT2D eigenvalue weighted by Gasteiger charge is -2.23. The average molecular weight is 286 g/mol. The molecule has 5 heteroatoms. The monoisotopic (exact) mass is 286 g/mol. The first kappa shape index (κ1) is 13.8. The van der Waals surface area contributed by atoms with Crippen LogP contribution in [0.5, 0.6) is 0 Å². The van der Waals surface area contributed by atoms with E-state index in [4.69, 9.17) is 9.84 Å². The Hall–Kier alpha value is -2.14. The molecule has 1 aliphatic rings. The van der Waals surface area contributed by atoms with Gasteiger partial charge in [-0.25, -0.2) is 9.48 Å². The minimum Gasteiger partial charge on any atom is -0.478 e. The first-order valence-corrected chi connectivity index (χ1v) is 7.16. The van der Waals surface area contributed by atoms with Gasteiger partial charge in [0.1, 0.15) is 0 Å². The lowest BCUT2D eigenvalue weighted by atomic mass is 10.1. The Morgan fingerprint density at radius 3 is 3.05 bits per heavy atom. The maximum Gasteiger partial charge on any atom is 0.328 e. The van der Waals surface area contributed by atoms with E-state index in [-0.39, 0.29) is 6.23 Å². The number of hydrogen-bond donors (Lipinski definition) is 1. The third-order valence-electron chi connectivity index (χ3n) is 3.76. The predicted molar refractivity (Wildman–Crippen MR) is 80.0 cm³/mol. The number of carboxylic acid groups (broad SMARTS) is 1. The highest BCUT2D eigenvalue weighted by Crippen LogP contribution is 2.28. The van der Waals surface area contributed by atoms with Crippen LogP contribution in [0.15, 0.2) is 24.3 Å². The molecular weight excluding hydrogens is 268 g/mol. The number of aryl methyl sites for hydroxylation is 1. The summed E-state index contributed by atoms with van der Waals surface area (Å²) in [6.07, 6.45) is 5.92. The molecule has 1 atom stereocenters. The van der Waals surface area contributed by atoms with Gasteiger partial charge in [0.05, 0.1) is 11.2 Å². The van der Waals surface area contributed by atoms with Gasteiger partial charge in [0.2, 0.25) is 0 Å². The van der Waals surface area contributed by atoms with E-state index in [1.165, 1.54) is 0 Å². The fourth-order valence-electron chi connectivity index (χ4n) is 2.72. The molecule has 3 rings (SSSR count). The van der Waals surface area contributed by atoms with Crippen LogP contribution in [0.3, 0.4) is 0 Å². The quantitative estimate of drug-likeness (QED) is 0.880. The van der Waals surface area contributed by atoms with E-state index in [2.05, 4.69) is 5.10 Å². The molecule has 2 heterocycles. The van der Waals surface area contributed by atoms with E-state index in [1.807, 2.05) is 29.8 Å². The maximum absolute atomic E-state index is 10.6. The van der Waals surface area contributed by atoms with E-state index in [9.17, 15) is 4.79 Å². The second-order valence-corrected chi connectivity index (χ2v) is 5.30. The van der Waals surface area contributed by atoms with Crippen molar-refractivity contribution in [2.24, 2.45) is 0 Å². The zero-order valence-corrected chi connectivity index (χ0v) is 12.0. The highest BCUT2D eigenvalue weighted by molar-refractivity contribution is 5.88. The molecule has 0 aliphatic carbocycles. The molecule has 0 radical (unpaired) electrons. The highest BCUT2D eigenvalue weighted by Gasteiger charge is 2.19. The third kappa shape index (κ3) is 2.83. The maximum atomic E-state index is 10.6. The molecule has 0 spiro atoms. The molecule has 2 aromatic rings. The van der Waals surface area contributed by atoms with Crippen molar-refractivity contribution >= 4 is 22.9 Å². The van der Waals surface area contributed by atoms with E-state index >= 15 is 0 Å². The highest BCUT2D eigenvalue weighted by atomic mass is 16.5. The molecular formula is C16H18N2O3. The number of carbonyl (C=O) groups is 1. The summed E-state index contributed by atoms with van der Waals surface area (Å²) in [6.45, 7) is 2.75. The molecule has 1 aromatic carbocycles. The van der Waals surface area contributed by atoms with Gasteiger partial charge < -0.3 is 9.84 Å². The molecule has 0 bridgehead atoms. The van der Waals surface area contributed by atoms with Crippen molar-refractivity contribution in [2.75, 3.05) is 6.61 Å². The first-order chi connectivity index (χ1) is 10.1. The van der Waals surface area contributed by atoms with Gasteiger partial charge in [-0.1, -0.05) is 12.1 Å². The van der Waals surface area contributed by atoms with Gasteiger partial charge in [0.15, 0.2) is 6.23 Å². The number of aliphatic carboxylic acids is 1. The van der Waals surface area contributed by atoms with Gasteiger partial charge in [-0.15, -0.1) is 0 Å². The van der Waals surface area contributed by atoms with Crippen LogP contribution in [0.1, 0.15) is 36.7 Å². The summed E-state index contributed by atoms with van der Waals surface area (Å²) < 4.78 is 7.74. The van der Waals surface area contributed by atoms with Crippen molar-refractivity contribution in [1.82, 2.24) is 9.78 Å². The molecule has 1 aliphatic heterocycles. The molecule has 0 amide bonds. The number of hydrogen-bond acceptors (Lipinski definition) is 3. The number of benzene rings is 1. The SMILES string of the molecule is Cc1nn(C2CCCCO2)c2cc(/C=C/C(=O)O)ccc12. The molecule has 0 saturated carbocycles. The van der Waals surface area contributed by atoms with Crippen molar-refractivity contribution in [1.29, 1.82) is 0 Å². The molecule has 21 heavy (non-hydrogen) atoms. The van der Waals surface area contributed by atoms with Crippen molar-refractivity contribution < 1.29 is 14.6 Å². The molecule has 1 saturated heterocycles. The standard InChI is InChI=1S/C16H18N2O3/c1-11-13-7-5-12(6-8-16(19)20)10-14(13)18(17-11)15-4-2-3-9-21-15/h5-8,10,15H,2-4,9H2,1H3,(H,19,20)/b8-6+. The lowest BCUT2D eigenvalue weighted by molar-refractivity contribution is -0.131. The van der Waals surface area contributed by atoms with Crippen LogP contribution in [0.25, 0.3) is 17.0 Å². The average Bonchev–Trinajstić information content (AvgIpc) is 2.83. The lowest BCUT2D eigenvalue weighted by Crippen LogP contribution is -2.19. The number of rotatable bonds is 3. The van der Waals surface area contributed by atoms with Crippen LogP contribution in [-0.4, -0.2) is 27.5 Å². The molecule has 110 valence electrons. The Balaban J connectivity index is 2.03.